The molecule has 2 aromatic rings. The van der Waals surface area contributed by atoms with E-state index in [9.17, 15) is 10.1 Å². The summed E-state index contributed by atoms with van der Waals surface area (Å²) < 4.78 is 0. The molecule has 0 aliphatic rings. The average molecular weight is 325 g/mol. The average Bonchev–Trinajstić information content (AvgIpc) is 2.47. The molecule has 0 fully saturated rings. The van der Waals surface area contributed by atoms with Gasteiger partial charge >= 0.3 is 0 Å². The van der Waals surface area contributed by atoms with Crippen LogP contribution >= 0.6 is 23.2 Å². The van der Waals surface area contributed by atoms with Gasteiger partial charge in [-0.2, -0.15) is 0 Å². The normalized spacial score (nSPS) is 10.8. The lowest BCUT2D eigenvalue weighted by atomic mass is 10.2. The summed E-state index contributed by atoms with van der Waals surface area (Å²) in [4.78, 5) is 15.3. The molecule has 0 bridgehead atoms. The van der Waals surface area contributed by atoms with Gasteiger partial charge in [0.05, 0.1) is 21.2 Å². The minimum Gasteiger partial charge on any atom is -0.391 e. The molecule has 108 valence electrons. The first-order chi connectivity index (χ1) is 10.1. The Bertz CT molecular complexity index is 690. The van der Waals surface area contributed by atoms with Crippen LogP contribution in [0.3, 0.4) is 0 Å². The van der Waals surface area contributed by atoms with Crippen LogP contribution in [0, 0.1) is 10.1 Å². The number of non-ortho nitro benzene ring substituents is 1. The van der Waals surface area contributed by atoms with Crippen LogP contribution in [0.1, 0.15) is 11.1 Å². The quantitative estimate of drug-likeness (QED) is 0.463. The van der Waals surface area contributed by atoms with Crippen molar-refractivity contribution in [1.29, 1.82) is 0 Å². The van der Waals surface area contributed by atoms with E-state index < -0.39 is 4.92 Å². The van der Waals surface area contributed by atoms with Crippen molar-refractivity contribution in [1.82, 2.24) is 0 Å². The lowest BCUT2D eigenvalue weighted by molar-refractivity contribution is -0.384. The number of nitro groups is 1. The largest absolute Gasteiger partial charge is 0.391 e. The smallest absolute Gasteiger partial charge is 0.269 e. The second-order valence-corrected chi connectivity index (χ2v) is 4.92. The molecule has 5 nitrogen and oxygen atoms in total. The summed E-state index contributed by atoms with van der Waals surface area (Å²) in [6, 6.07) is 11.2. The molecule has 21 heavy (non-hydrogen) atoms. The van der Waals surface area contributed by atoms with Crippen LogP contribution in [-0.4, -0.2) is 11.1 Å². The number of nitro benzene ring substituents is 1. The Labute approximate surface area is 130 Å². The highest BCUT2D eigenvalue weighted by molar-refractivity contribution is 6.42. The van der Waals surface area contributed by atoms with E-state index in [1.54, 1.807) is 30.3 Å². The van der Waals surface area contributed by atoms with Gasteiger partial charge in [0.2, 0.25) is 0 Å². The van der Waals surface area contributed by atoms with Crippen molar-refractivity contribution in [3.8, 4) is 0 Å². The lowest BCUT2D eigenvalue weighted by Gasteiger charge is -2.00. The molecule has 0 aliphatic carbocycles. The fourth-order valence-electron chi connectivity index (χ4n) is 1.56. The van der Waals surface area contributed by atoms with Crippen molar-refractivity contribution in [2.45, 2.75) is 6.61 Å². The summed E-state index contributed by atoms with van der Waals surface area (Å²) in [5.41, 5.74) is 1.42. The maximum Gasteiger partial charge on any atom is 0.269 e. The molecule has 0 radical (unpaired) electrons. The van der Waals surface area contributed by atoms with Crippen LogP contribution in [-0.2, 0) is 11.4 Å². The predicted octanol–water partition coefficient (Wildman–Crippen LogP) is 4.45. The van der Waals surface area contributed by atoms with Crippen LogP contribution in [0.25, 0.3) is 0 Å². The third kappa shape index (κ3) is 4.44. The van der Waals surface area contributed by atoms with E-state index in [1.807, 2.05) is 0 Å². The Hall–Kier alpha value is -2.11. The molecule has 2 aromatic carbocycles. The second-order valence-electron chi connectivity index (χ2n) is 4.11. The fraction of sp³-hybridized carbons (Fsp3) is 0.0714. The summed E-state index contributed by atoms with van der Waals surface area (Å²) >= 11 is 11.7. The zero-order valence-electron chi connectivity index (χ0n) is 10.7. The molecule has 0 amide bonds. The Kier molecular flexibility index (Phi) is 5.14. The first-order valence-electron chi connectivity index (χ1n) is 5.90. The van der Waals surface area contributed by atoms with Gasteiger partial charge < -0.3 is 4.84 Å². The molecular weight excluding hydrogens is 315 g/mol. The van der Waals surface area contributed by atoms with Crippen LogP contribution < -0.4 is 0 Å². The van der Waals surface area contributed by atoms with Crippen LogP contribution in [0.15, 0.2) is 47.6 Å². The van der Waals surface area contributed by atoms with Gasteiger partial charge in [-0.3, -0.25) is 10.1 Å². The lowest BCUT2D eigenvalue weighted by Crippen LogP contribution is -1.92. The predicted molar refractivity (Wildman–Crippen MR) is 81.9 cm³/mol. The standard InChI is InChI=1S/C14H10Cl2N2O3/c15-13-5-4-10(7-14(13)16)8-17-21-9-11-2-1-3-12(6-11)18(19)20/h1-8H,9H2/b17-8-. The number of halogens is 2. The number of nitrogens with zero attached hydrogens (tertiary/aromatic N) is 2. The number of benzene rings is 2. The molecule has 7 heteroatoms. The van der Waals surface area contributed by atoms with Gasteiger partial charge in [0.25, 0.3) is 5.69 Å². The fourth-order valence-corrected chi connectivity index (χ4v) is 1.87. The molecule has 2 rings (SSSR count). The molecule has 0 atom stereocenters. The van der Waals surface area contributed by atoms with E-state index in [0.717, 1.165) is 5.56 Å². The first-order valence-corrected chi connectivity index (χ1v) is 6.65. The van der Waals surface area contributed by atoms with Crippen LogP contribution in [0.2, 0.25) is 10.0 Å². The monoisotopic (exact) mass is 324 g/mol. The number of hydrogen-bond acceptors (Lipinski definition) is 4. The van der Waals surface area contributed by atoms with E-state index in [2.05, 4.69) is 5.16 Å². The highest BCUT2D eigenvalue weighted by atomic mass is 35.5. The Morgan fingerprint density at radius 1 is 1.19 bits per heavy atom. The second kappa shape index (κ2) is 7.06. The Morgan fingerprint density at radius 2 is 2.00 bits per heavy atom. The topological polar surface area (TPSA) is 64.7 Å². The summed E-state index contributed by atoms with van der Waals surface area (Å²) in [5, 5.41) is 15.3. The maximum atomic E-state index is 10.6. The van der Waals surface area contributed by atoms with Gasteiger partial charge in [0.1, 0.15) is 6.61 Å². The highest BCUT2D eigenvalue weighted by Crippen LogP contribution is 2.21. The number of oxime groups is 1. The summed E-state index contributed by atoms with van der Waals surface area (Å²) in [7, 11) is 0. The summed E-state index contributed by atoms with van der Waals surface area (Å²) in [6.07, 6.45) is 1.49. The SMILES string of the molecule is O=[N+]([O-])c1cccc(CO/N=C\c2ccc(Cl)c(Cl)c2)c1. The van der Waals surface area contributed by atoms with Crippen molar-refractivity contribution < 1.29 is 9.76 Å². The van der Waals surface area contributed by atoms with Crippen LogP contribution in [0.4, 0.5) is 5.69 Å². The van der Waals surface area contributed by atoms with Gasteiger partial charge in [0.15, 0.2) is 0 Å². The van der Waals surface area contributed by atoms with Gasteiger partial charge in [-0.25, -0.2) is 0 Å². The third-order valence-corrected chi connectivity index (χ3v) is 3.31. The summed E-state index contributed by atoms with van der Waals surface area (Å²) in [5.74, 6) is 0. The van der Waals surface area contributed by atoms with E-state index in [1.165, 1.54) is 18.3 Å². The van der Waals surface area contributed by atoms with Crippen LogP contribution in [0.5, 0.6) is 0 Å². The van der Waals surface area contributed by atoms with E-state index in [0.29, 0.717) is 15.6 Å². The minimum absolute atomic E-state index is 0.0181. The van der Waals surface area contributed by atoms with E-state index >= 15 is 0 Å². The number of rotatable bonds is 5. The van der Waals surface area contributed by atoms with Gasteiger partial charge in [-0.1, -0.05) is 46.6 Å². The summed E-state index contributed by atoms with van der Waals surface area (Å²) in [6.45, 7) is 0.138. The molecule has 0 saturated carbocycles. The van der Waals surface area contributed by atoms with Gasteiger partial charge in [0, 0.05) is 12.1 Å². The molecular formula is C14H10Cl2N2O3. The molecule has 0 aliphatic heterocycles. The number of hydrogen-bond donors (Lipinski definition) is 0. The van der Waals surface area contributed by atoms with Crippen molar-refractivity contribution in [2.75, 3.05) is 0 Å². The molecule has 0 aromatic heterocycles. The minimum atomic E-state index is -0.456. The van der Waals surface area contributed by atoms with Crippen molar-refractivity contribution >= 4 is 35.1 Å². The maximum absolute atomic E-state index is 10.6. The van der Waals surface area contributed by atoms with Crippen molar-refractivity contribution in [2.24, 2.45) is 5.16 Å². The van der Waals surface area contributed by atoms with Gasteiger partial charge in [-0.15, -0.1) is 0 Å². The Balaban J connectivity index is 1.94. The molecule has 0 N–H and O–H groups in total. The zero-order chi connectivity index (χ0) is 15.2. The first kappa shape index (κ1) is 15.3. The molecule has 0 spiro atoms. The van der Waals surface area contributed by atoms with Crippen molar-refractivity contribution in [3.63, 3.8) is 0 Å². The van der Waals surface area contributed by atoms with Crippen molar-refractivity contribution in [3.05, 3.63) is 73.8 Å². The Morgan fingerprint density at radius 3 is 2.71 bits per heavy atom. The van der Waals surface area contributed by atoms with E-state index in [-0.39, 0.29) is 12.3 Å². The van der Waals surface area contributed by atoms with Gasteiger partial charge in [-0.05, 0) is 23.3 Å². The zero-order valence-corrected chi connectivity index (χ0v) is 12.2. The molecule has 0 saturated heterocycles. The molecule has 0 unspecified atom stereocenters. The highest BCUT2D eigenvalue weighted by Gasteiger charge is 2.05. The van der Waals surface area contributed by atoms with E-state index in [4.69, 9.17) is 28.0 Å². The molecule has 0 heterocycles. The third-order valence-electron chi connectivity index (χ3n) is 2.57.